The van der Waals surface area contributed by atoms with Crippen molar-refractivity contribution in [2.24, 2.45) is 5.73 Å². The average molecular weight is 591 g/mol. The summed E-state index contributed by atoms with van der Waals surface area (Å²) in [5.41, 5.74) is 5.07. The Balaban J connectivity index is 1.57. The van der Waals surface area contributed by atoms with Gasteiger partial charge in [0, 0.05) is 32.1 Å². The number of carbonyl (C=O) groups is 3. The molecule has 4 rings (SSSR count). The van der Waals surface area contributed by atoms with Crippen molar-refractivity contribution >= 4 is 28.5 Å². The highest BCUT2D eigenvalue weighted by atomic mass is 19.1. The van der Waals surface area contributed by atoms with E-state index in [4.69, 9.17) is 5.73 Å². The lowest BCUT2D eigenvalue weighted by Crippen LogP contribution is -2.67. The molecule has 3 aromatic carbocycles. The Bertz CT molecular complexity index is 1450. The number of benzene rings is 3. The van der Waals surface area contributed by atoms with Crippen LogP contribution in [0.4, 0.5) is 4.39 Å². The second-order valence-corrected chi connectivity index (χ2v) is 12.3. The maximum Gasteiger partial charge on any atom is 0.252 e. The predicted molar refractivity (Wildman–Crippen MR) is 166 cm³/mol. The molecule has 0 radical (unpaired) electrons. The number of piperazine rings is 1. The van der Waals surface area contributed by atoms with E-state index in [9.17, 15) is 23.9 Å². The van der Waals surface area contributed by atoms with E-state index in [1.807, 2.05) is 50.2 Å². The molecule has 1 fully saturated rings. The number of amides is 3. The van der Waals surface area contributed by atoms with E-state index in [2.05, 4.69) is 16.3 Å². The molecule has 1 aliphatic rings. The van der Waals surface area contributed by atoms with Gasteiger partial charge >= 0.3 is 0 Å². The molecule has 1 aliphatic heterocycles. The number of aliphatic hydroxyl groups is 1. The summed E-state index contributed by atoms with van der Waals surface area (Å²) in [6.07, 6.45) is 2.06. The molecular weight excluding hydrogens is 547 g/mol. The van der Waals surface area contributed by atoms with E-state index in [1.54, 1.807) is 17.0 Å². The van der Waals surface area contributed by atoms with Crippen molar-refractivity contribution < 1.29 is 23.9 Å². The van der Waals surface area contributed by atoms with Gasteiger partial charge in [-0.15, -0.1) is 0 Å². The first-order valence-corrected chi connectivity index (χ1v) is 14.9. The lowest BCUT2D eigenvalue weighted by Gasteiger charge is -2.48. The van der Waals surface area contributed by atoms with E-state index < -0.39 is 34.8 Å². The molecular formula is C34H43FN4O4. The first-order valence-electron chi connectivity index (χ1n) is 14.9. The summed E-state index contributed by atoms with van der Waals surface area (Å²) in [5, 5.41) is 15.2. The third-order valence-corrected chi connectivity index (χ3v) is 8.49. The van der Waals surface area contributed by atoms with Crippen molar-refractivity contribution in [1.29, 1.82) is 0 Å². The largest absolute Gasteiger partial charge is 0.381 e. The molecule has 8 nitrogen and oxygen atoms in total. The molecule has 0 saturated carbocycles. The molecule has 4 N–H and O–H groups in total. The summed E-state index contributed by atoms with van der Waals surface area (Å²) < 4.78 is 13.6. The Morgan fingerprint density at radius 3 is 2.28 bits per heavy atom. The van der Waals surface area contributed by atoms with Crippen LogP contribution in [0.5, 0.6) is 0 Å². The van der Waals surface area contributed by atoms with E-state index in [-0.39, 0.29) is 18.4 Å². The monoisotopic (exact) mass is 590 g/mol. The molecule has 0 bridgehead atoms. The van der Waals surface area contributed by atoms with Crippen LogP contribution >= 0.6 is 0 Å². The lowest BCUT2D eigenvalue weighted by molar-refractivity contribution is -0.147. The quantitative estimate of drug-likeness (QED) is 0.316. The van der Waals surface area contributed by atoms with E-state index in [0.29, 0.717) is 38.0 Å². The maximum atomic E-state index is 14.1. The highest BCUT2D eigenvalue weighted by Crippen LogP contribution is 2.28. The van der Waals surface area contributed by atoms with Crippen LogP contribution in [0.3, 0.4) is 0 Å². The number of hydrogen-bond acceptors (Lipinski definition) is 5. The summed E-state index contributed by atoms with van der Waals surface area (Å²) in [6, 6.07) is 18.8. The highest BCUT2D eigenvalue weighted by molar-refractivity contribution is 5.91. The van der Waals surface area contributed by atoms with E-state index in [1.165, 1.54) is 26.0 Å². The Hall–Kier alpha value is -3.82. The minimum Gasteiger partial charge on any atom is -0.381 e. The summed E-state index contributed by atoms with van der Waals surface area (Å²) in [4.78, 5) is 43.7. The molecule has 1 saturated heterocycles. The maximum absolute atomic E-state index is 14.1. The molecule has 0 aliphatic carbocycles. The smallest absolute Gasteiger partial charge is 0.252 e. The van der Waals surface area contributed by atoms with Crippen LogP contribution < -0.4 is 11.1 Å². The molecule has 230 valence electrons. The van der Waals surface area contributed by atoms with Crippen LogP contribution in [0.2, 0.25) is 0 Å². The molecule has 43 heavy (non-hydrogen) atoms. The molecule has 3 aromatic rings. The lowest BCUT2D eigenvalue weighted by atomic mass is 9.87. The molecule has 3 unspecified atom stereocenters. The van der Waals surface area contributed by atoms with Crippen LogP contribution in [0.15, 0.2) is 66.7 Å². The average Bonchev–Trinajstić information content (AvgIpc) is 2.97. The fraction of sp³-hybridized carbons (Fsp3) is 0.441. The standard InChI is InChI=1S/C34H43FN4O4/c1-5-8-28-22-38(34(4,31(36)41)21-24-11-14-25-9-6-7-10-26(25)19-24)17-18-39(28)30(40)29(37-32(42)33(2,3)43)20-23-12-15-27(35)16-13-23/h6-7,9-16,19,28-29,43H,5,8,17-18,20-22H2,1-4H3,(H2,36,41)(H,37,42). The number of halogens is 1. The zero-order valence-electron chi connectivity index (χ0n) is 25.5. The van der Waals surface area contributed by atoms with Crippen LogP contribution in [-0.4, -0.2) is 75.5 Å². The van der Waals surface area contributed by atoms with Gasteiger partial charge in [-0.25, -0.2) is 4.39 Å². The number of primary amides is 1. The number of nitrogens with one attached hydrogen (secondary N) is 1. The van der Waals surface area contributed by atoms with E-state index in [0.717, 1.165) is 22.8 Å². The van der Waals surface area contributed by atoms with Crippen LogP contribution in [0.1, 0.15) is 51.7 Å². The minimum atomic E-state index is -1.69. The summed E-state index contributed by atoms with van der Waals surface area (Å²) in [5.74, 6) is -1.78. The van der Waals surface area contributed by atoms with Crippen molar-refractivity contribution in [2.75, 3.05) is 19.6 Å². The van der Waals surface area contributed by atoms with Gasteiger partial charge in [-0.2, -0.15) is 0 Å². The second-order valence-electron chi connectivity index (χ2n) is 12.3. The third-order valence-electron chi connectivity index (χ3n) is 8.49. The summed E-state index contributed by atoms with van der Waals surface area (Å²) >= 11 is 0. The second kappa shape index (κ2) is 13.2. The summed E-state index contributed by atoms with van der Waals surface area (Å²) in [7, 11) is 0. The third kappa shape index (κ3) is 7.58. The van der Waals surface area contributed by atoms with Gasteiger partial charge in [-0.3, -0.25) is 19.3 Å². The SMILES string of the molecule is CCCC1CN(C(C)(Cc2ccc3ccccc3c2)C(N)=O)CCN1C(=O)C(Cc1ccc(F)cc1)NC(=O)C(C)(C)O. The van der Waals surface area contributed by atoms with Gasteiger partial charge < -0.3 is 21.1 Å². The number of nitrogens with zero attached hydrogens (tertiary/aromatic N) is 2. The van der Waals surface area contributed by atoms with Gasteiger partial charge in [-0.05, 0) is 67.6 Å². The Kier molecular flexibility index (Phi) is 9.87. The Labute approximate surface area is 253 Å². The molecule has 1 heterocycles. The molecule has 0 aromatic heterocycles. The molecule has 9 heteroatoms. The van der Waals surface area contributed by atoms with Crippen molar-refractivity contribution in [3.8, 4) is 0 Å². The summed E-state index contributed by atoms with van der Waals surface area (Å²) in [6.45, 7) is 7.82. The zero-order chi connectivity index (χ0) is 31.4. The fourth-order valence-corrected chi connectivity index (χ4v) is 5.87. The molecule has 3 amide bonds. The zero-order valence-corrected chi connectivity index (χ0v) is 25.5. The normalized spacial score (nSPS) is 18.2. The molecule has 3 atom stereocenters. The van der Waals surface area contributed by atoms with Crippen molar-refractivity contribution in [2.45, 2.75) is 76.6 Å². The van der Waals surface area contributed by atoms with E-state index >= 15 is 0 Å². The first kappa shape index (κ1) is 32.1. The van der Waals surface area contributed by atoms with Crippen LogP contribution in [0.25, 0.3) is 10.8 Å². The predicted octanol–water partition coefficient (Wildman–Crippen LogP) is 3.58. The number of fused-ring (bicyclic) bond motifs is 1. The van der Waals surface area contributed by atoms with Crippen molar-refractivity contribution in [1.82, 2.24) is 15.1 Å². The number of carbonyl (C=O) groups excluding carboxylic acids is 3. The van der Waals surface area contributed by atoms with Gasteiger partial charge in [0.15, 0.2) is 0 Å². The topological polar surface area (TPSA) is 116 Å². The number of hydrogen-bond donors (Lipinski definition) is 3. The van der Waals surface area contributed by atoms with Gasteiger partial charge in [0.05, 0.1) is 0 Å². The van der Waals surface area contributed by atoms with Crippen molar-refractivity contribution in [3.05, 3.63) is 83.7 Å². The minimum absolute atomic E-state index is 0.140. The highest BCUT2D eigenvalue weighted by Gasteiger charge is 2.44. The van der Waals surface area contributed by atoms with Crippen LogP contribution in [-0.2, 0) is 27.2 Å². The fourth-order valence-electron chi connectivity index (χ4n) is 5.87. The Morgan fingerprint density at radius 2 is 1.65 bits per heavy atom. The van der Waals surface area contributed by atoms with Gasteiger partial charge in [-0.1, -0.05) is 67.9 Å². The van der Waals surface area contributed by atoms with Gasteiger partial charge in [0.25, 0.3) is 5.91 Å². The Morgan fingerprint density at radius 1 is 1.00 bits per heavy atom. The first-order chi connectivity index (χ1) is 20.3. The molecule has 0 spiro atoms. The van der Waals surface area contributed by atoms with Gasteiger partial charge in [0.1, 0.15) is 23.0 Å². The van der Waals surface area contributed by atoms with Gasteiger partial charge in [0.2, 0.25) is 11.8 Å². The number of nitrogens with two attached hydrogens (primary N) is 1. The van der Waals surface area contributed by atoms with Crippen LogP contribution in [0, 0.1) is 5.82 Å². The van der Waals surface area contributed by atoms with Crippen molar-refractivity contribution in [3.63, 3.8) is 0 Å². The number of rotatable bonds is 11.